The molecule has 3 atom stereocenters. The maximum absolute atomic E-state index is 12.7. The number of amides is 1. The zero-order chi connectivity index (χ0) is 32.9. The zero-order valence-electron chi connectivity index (χ0n) is 28.6. The standard InChI is InChI=1S/C35H65N2O6P/c1-6-8-10-12-14-15-16-17-18-19-20-21-23-25-27-29-35(39)36-33(34(38)28-26-24-22-13-11-9-7-2)32-43-44(40,41)42-31-30-37(3,4)5/h11,13-15,17-18,26,28,33-34,38H,6-10,12,16,19-25,27,29-32H2,1-5H3,(H-,36,39,40,41)/b13-11+,15-14-,18-17-,28-26+. The third kappa shape index (κ3) is 29.2. The van der Waals surface area contributed by atoms with Crippen molar-refractivity contribution in [2.75, 3.05) is 40.9 Å². The number of hydrogen-bond acceptors (Lipinski definition) is 6. The average Bonchev–Trinajstić information content (AvgIpc) is 2.95. The summed E-state index contributed by atoms with van der Waals surface area (Å²) >= 11 is 0. The van der Waals surface area contributed by atoms with Crippen molar-refractivity contribution in [3.63, 3.8) is 0 Å². The number of aliphatic hydroxyl groups excluding tert-OH is 1. The first-order valence-electron chi connectivity index (χ1n) is 17.0. The minimum atomic E-state index is -4.58. The number of unbranched alkanes of at least 4 members (excludes halogenated alkanes) is 10. The van der Waals surface area contributed by atoms with Crippen molar-refractivity contribution in [2.24, 2.45) is 0 Å². The highest BCUT2D eigenvalue weighted by atomic mass is 31.2. The molecule has 0 rings (SSSR count). The van der Waals surface area contributed by atoms with Gasteiger partial charge in [-0.2, -0.15) is 0 Å². The summed E-state index contributed by atoms with van der Waals surface area (Å²) in [6.07, 6.45) is 31.8. The lowest BCUT2D eigenvalue weighted by molar-refractivity contribution is -0.870. The van der Waals surface area contributed by atoms with E-state index in [9.17, 15) is 19.4 Å². The van der Waals surface area contributed by atoms with Crippen molar-refractivity contribution < 1.29 is 32.9 Å². The number of quaternary nitrogens is 1. The predicted molar refractivity (Wildman–Crippen MR) is 182 cm³/mol. The highest BCUT2D eigenvalue weighted by Crippen LogP contribution is 2.38. The Hall–Kier alpha value is -1.54. The van der Waals surface area contributed by atoms with Crippen LogP contribution in [0.25, 0.3) is 0 Å². The Morgan fingerprint density at radius 1 is 0.795 bits per heavy atom. The normalized spacial score (nSPS) is 15.5. The van der Waals surface area contributed by atoms with Crippen molar-refractivity contribution in [2.45, 2.75) is 129 Å². The SMILES string of the molecule is CCC/C=C/CC/C=C/C(O)C(COP(=O)([O-])OCC[N+](C)(C)C)NC(=O)CCCCCCC/C=C\C/C=C\CCCCC. The number of likely N-dealkylation sites (N-methyl/N-ethyl adjacent to an activating group) is 1. The molecule has 256 valence electrons. The molecule has 0 aliphatic heterocycles. The third-order valence-electron chi connectivity index (χ3n) is 6.99. The molecular weight excluding hydrogens is 575 g/mol. The first-order chi connectivity index (χ1) is 21.0. The van der Waals surface area contributed by atoms with Crippen LogP contribution < -0.4 is 10.2 Å². The number of rotatable bonds is 29. The lowest BCUT2D eigenvalue weighted by atomic mass is 10.1. The Morgan fingerprint density at radius 2 is 1.39 bits per heavy atom. The molecule has 9 heteroatoms. The summed E-state index contributed by atoms with van der Waals surface area (Å²) < 4.78 is 22.9. The zero-order valence-corrected chi connectivity index (χ0v) is 29.5. The van der Waals surface area contributed by atoms with Gasteiger partial charge in [-0.25, -0.2) is 0 Å². The first-order valence-corrected chi connectivity index (χ1v) is 18.5. The molecular formula is C35H65N2O6P. The molecule has 0 aliphatic carbocycles. The number of carbonyl (C=O) groups excluding carboxylic acids is 1. The molecule has 0 saturated carbocycles. The molecule has 0 heterocycles. The predicted octanol–water partition coefficient (Wildman–Crippen LogP) is 7.55. The van der Waals surface area contributed by atoms with Crippen LogP contribution in [0.5, 0.6) is 0 Å². The van der Waals surface area contributed by atoms with Gasteiger partial charge >= 0.3 is 0 Å². The van der Waals surface area contributed by atoms with E-state index in [-0.39, 0.29) is 12.5 Å². The number of carbonyl (C=O) groups is 1. The van der Waals surface area contributed by atoms with Gasteiger partial charge in [0.1, 0.15) is 13.2 Å². The first kappa shape index (κ1) is 42.5. The molecule has 0 radical (unpaired) electrons. The number of aliphatic hydroxyl groups is 1. The van der Waals surface area contributed by atoms with E-state index in [0.717, 1.165) is 70.6 Å². The molecule has 0 aliphatic rings. The van der Waals surface area contributed by atoms with Crippen molar-refractivity contribution in [1.29, 1.82) is 0 Å². The van der Waals surface area contributed by atoms with E-state index >= 15 is 0 Å². The summed E-state index contributed by atoms with van der Waals surface area (Å²) in [5.74, 6) is -0.231. The van der Waals surface area contributed by atoms with Crippen LogP contribution in [-0.2, 0) is 18.4 Å². The molecule has 3 unspecified atom stereocenters. The molecule has 8 nitrogen and oxygen atoms in total. The quantitative estimate of drug-likeness (QED) is 0.0378. The van der Waals surface area contributed by atoms with E-state index in [4.69, 9.17) is 9.05 Å². The minimum Gasteiger partial charge on any atom is -0.756 e. The highest BCUT2D eigenvalue weighted by molar-refractivity contribution is 7.45. The van der Waals surface area contributed by atoms with Crippen molar-refractivity contribution >= 4 is 13.7 Å². The second kappa shape index (κ2) is 27.7. The molecule has 0 aromatic carbocycles. The molecule has 0 aromatic rings. The maximum atomic E-state index is 12.7. The van der Waals surface area contributed by atoms with Crippen LogP contribution in [0.4, 0.5) is 0 Å². The fourth-order valence-corrected chi connectivity index (χ4v) is 4.92. The average molecular weight is 641 g/mol. The highest BCUT2D eigenvalue weighted by Gasteiger charge is 2.23. The van der Waals surface area contributed by atoms with Gasteiger partial charge in [0, 0.05) is 6.42 Å². The number of allylic oxidation sites excluding steroid dienone is 7. The van der Waals surface area contributed by atoms with Crippen LogP contribution in [0.2, 0.25) is 0 Å². The number of nitrogens with zero attached hydrogens (tertiary/aromatic N) is 1. The van der Waals surface area contributed by atoms with Gasteiger partial charge in [0.15, 0.2) is 0 Å². The number of phosphoric acid groups is 1. The van der Waals surface area contributed by atoms with Gasteiger partial charge in [-0.1, -0.05) is 101 Å². The van der Waals surface area contributed by atoms with E-state index in [1.807, 2.05) is 27.2 Å². The summed E-state index contributed by atoms with van der Waals surface area (Å²) in [6.45, 7) is 4.43. The number of hydrogen-bond donors (Lipinski definition) is 2. The summed E-state index contributed by atoms with van der Waals surface area (Å²) in [4.78, 5) is 25.0. The second-order valence-corrected chi connectivity index (χ2v) is 13.9. The third-order valence-corrected chi connectivity index (χ3v) is 7.96. The molecule has 0 spiro atoms. The van der Waals surface area contributed by atoms with E-state index in [1.54, 1.807) is 6.08 Å². The Kier molecular flexibility index (Phi) is 26.8. The fraction of sp³-hybridized carbons (Fsp3) is 0.743. The Morgan fingerprint density at radius 3 is 2.05 bits per heavy atom. The Labute approximate surface area is 269 Å². The molecule has 0 aromatic heterocycles. The van der Waals surface area contributed by atoms with Crippen LogP contribution in [0.1, 0.15) is 117 Å². The van der Waals surface area contributed by atoms with Crippen LogP contribution in [0.3, 0.4) is 0 Å². The topological polar surface area (TPSA) is 108 Å². The van der Waals surface area contributed by atoms with Crippen molar-refractivity contribution in [3.8, 4) is 0 Å². The molecule has 1 amide bonds. The van der Waals surface area contributed by atoms with Crippen LogP contribution in [0, 0.1) is 0 Å². The summed E-state index contributed by atoms with van der Waals surface area (Å²) in [5.41, 5.74) is 0. The molecule has 44 heavy (non-hydrogen) atoms. The summed E-state index contributed by atoms with van der Waals surface area (Å²) in [6, 6.07) is -0.906. The number of nitrogens with one attached hydrogen (secondary N) is 1. The fourth-order valence-electron chi connectivity index (χ4n) is 4.20. The lowest BCUT2D eigenvalue weighted by Crippen LogP contribution is -2.45. The monoisotopic (exact) mass is 640 g/mol. The van der Waals surface area contributed by atoms with Gasteiger partial charge in [0.25, 0.3) is 7.82 Å². The van der Waals surface area contributed by atoms with Gasteiger partial charge in [-0.3, -0.25) is 9.36 Å². The van der Waals surface area contributed by atoms with Gasteiger partial charge in [-0.15, -0.1) is 0 Å². The second-order valence-electron chi connectivity index (χ2n) is 12.5. The Bertz CT molecular complexity index is 866. The van der Waals surface area contributed by atoms with E-state index in [2.05, 4.69) is 55.6 Å². The number of phosphoric ester groups is 1. The van der Waals surface area contributed by atoms with Crippen LogP contribution in [0.15, 0.2) is 48.6 Å². The van der Waals surface area contributed by atoms with Crippen molar-refractivity contribution in [1.82, 2.24) is 5.32 Å². The van der Waals surface area contributed by atoms with E-state index in [0.29, 0.717) is 17.4 Å². The minimum absolute atomic E-state index is 0.0118. The van der Waals surface area contributed by atoms with Gasteiger partial charge in [0.05, 0.1) is 39.9 Å². The van der Waals surface area contributed by atoms with Crippen LogP contribution >= 0.6 is 7.82 Å². The summed E-state index contributed by atoms with van der Waals surface area (Å²) in [5, 5.41) is 13.5. The van der Waals surface area contributed by atoms with E-state index < -0.39 is 26.6 Å². The van der Waals surface area contributed by atoms with Gasteiger partial charge < -0.3 is 28.8 Å². The largest absolute Gasteiger partial charge is 0.756 e. The smallest absolute Gasteiger partial charge is 0.268 e. The lowest BCUT2D eigenvalue weighted by Gasteiger charge is -2.29. The molecule has 0 bridgehead atoms. The molecule has 2 N–H and O–H groups in total. The van der Waals surface area contributed by atoms with E-state index in [1.165, 1.54) is 25.7 Å². The maximum Gasteiger partial charge on any atom is 0.268 e. The molecule has 0 saturated heterocycles. The van der Waals surface area contributed by atoms with Crippen molar-refractivity contribution in [3.05, 3.63) is 48.6 Å². The van der Waals surface area contributed by atoms with Gasteiger partial charge in [0.2, 0.25) is 5.91 Å². The van der Waals surface area contributed by atoms with Gasteiger partial charge in [-0.05, 0) is 57.8 Å². The molecule has 0 fully saturated rings. The Balaban J connectivity index is 4.55. The summed E-state index contributed by atoms with van der Waals surface area (Å²) in [7, 11) is 1.22. The van der Waals surface area contributed by atoms with Crippen LogP contribution in [-0.4, -0.2) is 68.5 Å².